The molecule has 120 heavy (non-hydrogen) atoms. The molecule has 0 radical (unpaired) electrons. The van der Waals surface area contributed by atoms with Crippen molar-refractivity contribution < 1.29 is 222 Å². The van der Waals surface area contributed by atoms with E-state index in [1.165, 1.54) is 50.1 Å². The summed E-state index contributed by atoms with van der Waals surface area (Å²) in [6.07, 6.45) is 17.8. The van der Waals surface area contributed by atoms with Crippen LogP contribution in [0.2, 0.25) is 0 Å². The van der Waals surface area contributed by atoms with E-state index in [4.69, 9.17) is 38.2 Å². The quantitative estimate of drug-likeness (QED) is 0.0158. The molecule has 0 fully saturated rings. The van der Waals surface area contributed by atoms with Gasteiger partial charge >= 0.3 is 181 Å². The van der Waals surface area contributed by atoms with Crippen LogP contribution in [0.15, 0.2) is 273 Å². The Kier molecular flexibility index (Phi) is 85.8. The molecule has 0 aliphatic carbocycles. The van der Waals surface area contributed by atoms with Gasteiger partial charge in [-0.2, -0.15) is 28.8 Å². The summed E-state index contributed by atoms with van der Waals surface area (Å²) < 4.78 is 15.3. The number of benzene rings is 9. The van der Waals surface area contributed by atoms with Crippen molar-refractivity contribution in [1.82, 2.24) is 0 Å². The van der Waals surface area contributed by atoms with Gasteiger partial charge < -0.3 is 36.8 Å². The molecule has 0 aliphatic rings. The molecule has 9 rings (SSSR count). The van der Waals surface area contributed by atoms with Gasteiger partial charge in [0.1, 0.15) is 0 Å². The van der Waals surface area contributed by atoms with Crippen LogP contribution >= 0.6 is 15.9 Å². The molecule has 0 aliphatic heterocycles. The number of rotatable bonds is 37. The number of ether oxygens (including phenoxy) is 3. The van der Waals surface area contributed by atoms with Crippen LogP contribution in [0.3, 0.4) is 0 Å². The SMILES string of the molecule is BrCCc1ccccc1.C.CCC(CCc1ccccc1)(CCc1ccccc1)C(=O)O.CCCC(=O)OCC.CCOC(=O)C(CC)(CCc1ccccc1)CCc1ccccc1.CCOC(=O)C(CCc1ccccc1)CCc1ccccc1.O=C(O)C(CCc1ccccc1)CCc1ccccc1.O=C=O.O=C=O.O=C=O.[H-].[K+].[K+].[Na+].[OH-].[OH-]. The molecule has 0 aromatic heterocycles. The summed E-state index contributed by atoms with van der Waals surface area (Å²) in [5, 5.41) is 20.2. The van der Waals surface area contributed by atoms with E-state index in [1.54, 1.807) is 0 Å². The molecule has 0 spiro atoms. The number of hydrogen-bond donors (Lipinski definition) is 2. The third-order valence-corrected chi connectivity index (χ3v) is 19.3. The van der Waals surface area contributed by atoms with E-state index >= 15 is 0 Å². The Morgan fingerprint density at radius 1 is 0.350 bits per heavy atom. The van der Waals surface area contributed by atoms with Crippen molar-refractivity contribution in [3.05, 3.63) is 323 Å². The minimum absolute atomic E-state index is 0. The largest absolute Gasteiger partial charge is 1.00 e. The van der Waals surface area contributed by atoms with Gasteiger partial charge in [0, 0.05) is 11.8 Å². The van der Waals surface area contributed by atoms with Crippen molar-refractivity contribution in [2.75, 3.05) is 25.2 Å². The van der Waals surface area contributed by atoms with Crippen molar-refractivity contribution in [1.29, 1.82) is 0 Å². The Labute approximate surface area is 830 Å². The van der Waals surface area contributed by atoms with Gasteiger partial charge in [0.2, 0.25) is 0 Å². The Morgan fingerprint density at radius 3 is 0.767 bits per heavy atom. The Hall–Kier alpha value is -6.86. The first-order chi connectivity index (χ1) is 55.4. The number of aliphatic carboxylic acids is 2. The van der Waals surface area contributed by atoms with E-state index in [9.17, 15) is 34.2 Å². The fourth-order valence-corrected chi connectivity index (χ4v) is 12.7. The fourth-order valence-electron chi connectivity index (χ4n) is 12.2. The van der Waals surface area contributed by atoms with Gasteiger partial charge in [0.25, 0.3) is 0 Å². The maximum Gasteiger partial charge on any atom is 1.00 e. The Morgan fingerprint density at radius 2 is 0.567 bits per heavy atom. The van der Waals surface area contributed by atoms with Crippen LogP contribution in [0.25, 0.3) is 0 Å². The molecule has 9 aromatic carbocycles. The summed E-state index contributed by atoms with van der Waals surface area (Å²) in [7, 11) is 0. The fraction of sp³-hybridized carbons (Fsp3) is 0.367. The first-order valence-electron chi connectivity index (χ1n) is 39.2. The van der Waals surface area contributed by atoms with Crippen LogP contribution in [0.4, 0.5) is 0 Å². The van der Waals surface area contributed by atoms with Gasteiger partial charge in [-0.05, 0) is 199 Å². The van der Waals surface area contributed by atoms with Gasteiger partial charge in [-0.15, -0.1) is 0 Å². The van der Waals surface area contributed by atoms with E-state index < -0.39 is 22.8 Å². The minimum atomic E-state index is -0.683. The normalized spacial score (nSPS) is 9.54. The molecule has 0 amide bonds. The first kappa shape index (κ1) is 124. The monoisotopic (exact) mass is 1770 g/mol. The predicted octanol–water partition coefficient (Wildman–Crippen LogP) is 12.0. The van der Waals surface area contributed by atoms with Gasteiger partial charge in [-0.25, -0.2) is 0 Å². The molecule has 4 N–H and O–H groups in total. The number of aryl methyl sites for hydroxylation is 9. The topological polar surface area (TPSA) is 316 Å². The summed E-state index contributed by atoms with van der Waals surface area (Å²) in [6, 6.07) is 92.3. The second-order valence-electron chi connectivity index (χ2n) is 26.5. The minimum Gasteiger partial charge on any atom is -1.00 e. The molecule has 0 atom stereocenters. The van der Waals surface area contributed by atoms with Gasteiger partial charge in [0.15, 0.2) is 0 Å². The maximum atomic E-state index is 12.7. The molecule has 18 nitrogen and oxygen atoms in total. The van der Waals surface area contributed by atoms with Crippen LogP contribution < -0.4 is 132 Å². The second kappa shape index (κ2) is 83.1. The van der Waals surface area contributed by atoms with Crippen LogP contribution in [-0.4, -0.2) is 94.6 Å². The number of halogens is 1. The Balaban J connectivity index is -0.000000256. The van der Waals surface area contributed by atoms with Crippen LogP contribution in [0.1, 0.15) is 178 Å². The number of esters is 3. The molecule has 9 aromatic rings. The number of carboxylic acid groups (broad SMARTS) is 2. The zero-order valence-corrected chi connectivity index (χ0v) is 81.0. The zero-order valence-electron chi connectivity index (χ0n) is 72.2. The molecular weight excluding hydrogens is 1650 g/mol. The molecule has 0 unspecified atom stereocenters. The molecule has 22 heteroatoms. The number of alkyl halides is 1. The van der Waals surface area contributed by atoms with E-state index in [0.717, 1.165) is 102 Å². The number of carbonyl (C=O) groups excluding carboxylic acids is 9. The van der Waals surface area contributed by atoms with Gasteiger partial charge in [0.05, 0.1) is 42.5 Å². The van der Waals surface area contributed by atoms with Crippen molar-refractivity contribution in [3.63, 3.8) is 0 Å². The summed E-state index contributed by atoms with van der Waals surface area (Å²) in [6.45, 7) is 13.0. The van der Waals surface area contributed by atoms with Crippen molar-refractivity contribution in [3.8, 4) is 0 Å². The number of hydrogen-bond acceptors (Lipinski definition) is 16. The van der Waals surface area contributed by atoms with E-state index in [1.807, 2.05) is 162 Å². The van der Waals surface area contributed by atoms with Gasteiger partial charge in [-0.1, -0.05) is 317 Å². The molecule has 634 valence electrons. The predicted molar refractivity (Wildman–Crippen MR) is 461 cm³/mol. The van der Waals surface area contributed by atoms with Crippen molar-refractivity contribution in [2.24, 2.45) is 22.7 Å². The van der Waals surface area contributed by atoms with Crippen LogP contribution in [0, 0.1) is 22.7 Å². The second-order valence-corrected chi connectivity index (χ2v) is 27.3. The van der Waals surface area contributed by atoms with E-state index in [-0.39, 0.29) is 200 Å². The maximum absolute atomic E-state index is 12.7. The van der Waals surface area contributed by atoms with E-state index in [0.29, 0.717) is 58.3 Å². The van der Waals surface area contributed by atoms with Crippen LogP contribution in [0.5, 0.6) is 0 Å². The first-order valence-corrected chi connectivity index (χ1v) is 40.4. The van der Waals surface area contributed by atoms with Crippen LogP contribution in [-0.2, 0) is 125 Å². The summed E-state index contributed by atoms with van der Waals surface area (Å²) >= 11 is 3.39. The van der Waals surface area contributed by atoms with Gasteiger partial charge in [-0.3, -0.25) is 24.0 Å². The molecular formula is C98H124BrK2NaO18. The molecule has 0 saturated heterocycles. The third-order valence-electron chi connectivity index (χ3n) is 18.9. The molecule has 0 bridgehead atoms. The van der Waals surface area contributed by atoms with E-state index in [2.05, 4.69) is 173 Å². The van der Waals surface area contributed by atoms with Crippen molar-refractivity contribution in [2.45, 2.75) is 184 Å². The average molecular weight is 1770 g/mol. The summed E-state index contributed by atoms with van der Waals surface area (Å²) in [5.74, 6) is -1.83. The Bertz CT molecular complexity index is 3810. The third kappa shape index (κ3) is 59.8. The number of carboxylic acids is 2. The van der Waals surface area contributed by atoms with Crippen molar-refractivity contribution >= 4 is 64.2 Å². The average Bonchev–Trinajstić information content (AvgIpc) is 0.820. The summed E-state index contributed by atoms with van der Waals surface area (Å²) in [5.41, 5.74) is 10.3. The zero-order chi connectivity index (χ0) is 84.0. The molecule has 0 heterocycles. The molecule has 0 saturated carbocycles. The summed E-state index contributed by atoms with van der Waals surface area (Å²) in [4.78, 5) is 107. The smallest absolute Gasteiger partial charge is 1.00 e. The number of carbonyl (C=O) groups is 5. The standard InChI is InChI=1S/C22H28O2.2C20H24O2.C18H20O2.C8H9Br.C6H12O2.3CO2.CH4.2K.Na.2H2O.H/c1-3-22(21(23)24-4-2,17-15-19-11-7-5-8-12-19)18-16-20-13-9-6-10-14-20;1-2-20(19(21)22,15-13-17-9-5-3-6-10-17)16-14-18-11-7-4-8-12-18;1-2-22-20(21)19(15-13-17-9-5-3-6-10-17)16-14-18-11-7-4-8-12-18;19-18(20)17(13-11-15-7-3-1-4-8-15)14-12-16-9-5-2-6-10-16;9-7-6-8-4-2-1-3-5-8;1-3-5-6(7)8-4-2;3*2-1-3;;;;;;;/h5-14H,3-4,15-18H2,1-2H3;3-12H,2,13-16H2,1H3,(H,21,22);3-12,19H,2,13-16H2,1H3;1-10,17H,11-14H2,(H,19,20);1-5H,6-7H2;3-5H2,1-2H3;;;;1H4;;;;2*1H2;/q;;;;;;;;;;3*+1;;;-1/p-2.